The normalized spacial score (nSPS) is 50.1. The Labute approximate surface area is 235 Å². The number of hydrogen-bond donors (Lipinski definition) is 2. The maximum absolute atomic E-state index is 14.1. The molecule has 0 bridgehead atoms. The van der Waals surface area contributed by atoms with Gasteiger partial charge in [0.15, 0.2) is 5.78 Å². The van der Waals surface area contributed by atoms with Crippen molar-refractivity contribution in [2.45, 2.75) is 116 Å². The Morgan fingerprint density at radius 1 is 0.949 bits per heavy atom. The number of hydrogen-bond acceptors (Lipinski definition) is 6. The molecular weight excluding hydrogens is 492 g/mol. The Balaban J connectivity index is 1.29. The average Bonchev–Trinajstić information content (AvgIpc) is 2.88. The van der Waals surface area contributed by atoms with Gasteiger partial charge in [-0.2, -0.15) is 0 Å². The van der Waals surface area contributed by atoms with Gasteiger partial charge >= 0.3 is 0 Å². The zero-order valence-corrected chi connectivity index (χ0v) is 24.8. The van der Waals surface area contributed by atoms with Gasteiger partial charge in [0.2, 0.25) is 0 Å². The Bertz CT molecular complexity index is 946. The van der Waals surface area contributed by atoms with Crippen molar-refractivity contribution in [2.24, 2.45) is 65.1 Å². The van der Waals surface area contributed by atoms with Crippen LogP contribution in [0.15, 0.2) is 0 Å². The van der Waals surface area contributed by atoms with Gasteiger partial charge in [-0.25, -0.2) is 0 Å². The summed E-state index contributed by atoms with van der Waals surface area (Å²) in [6.07, 6.45) is 10.8. The number of ether oxygens (including phenoxy) is 1. The van der Waals surface area contributed by atoms with Crippen LogP contribution in [-0.4, -0.2) is 52.5 Å². The minimum absolute atomic E-state index is 0.0721. The first-order chi connectivity index (χ1) is 18.5. The molecule has 220 valence electrons. The summed E-state index contributed by atoms with van der Waals surface area (Å²) in [4.78, 5) is 40.1. The number of fused-ring (bicyclic) bond motifs is 3. The van der Waals surface area contributed by atoms with Crippen LogP contribution in [0, 0.1) is 65.1 Å². The summed E-state index contributed by atoms with van der Waals surface area (Å²) in [7, 11) is 1.84. The fourth-order valence-corrected chi connectivity index (χ4v) is 10.5. The molecule has 0 heterocycles. The number of carbonyl (C=O) groups is 3. The predicted octanol–water partition coefficient (Wildman–Crippen LogP) is 5.02. The van der Waals surface area contributed by atoms with Crippen molar-refractivity contribution in [2.75, 3.05) is 7.11 Å². The molecule has 2 N–H and O–H groups in total. The first kappa shape index (κ1) is 29.4. The van der Waals surface area contributed by atoms with Gasteiger partial charge in [-0.3, -0.25) is 14.4 Å². The molecule has 0 aromatic rings. The third-order valence-corrected chi connectivity index (χ3v) is 12.6. The summed E-state index contributed by atoms with van der Waals surface area (Å²) in [6, 6.07) is 0. The smallest absolute Gasteiger partial charge is 0.175 e. The van der Waals surface area contributed by atoms with Crippen LogP contribution in [0.4, 0.5) is 0 Å². The standard InChI is InChI=1S/C33H52O6/c1-17-9-10-21(14-27(17)39-5)7-6-8-22-11-12-26(35)30-25(22)16-23-15-24-13-18(2)28(20(4)34)32(37)33(24,38)19(3)29(23)31(30)36/h17-19,21-30,35,38H,6-16H2,1-5H3. The second-order valence-electron chi connectivity index (χ2n) is 14.6. The van der Waals surface area contributed by atoms with Gasteiger partial charge in [-0.1, -0.05) is 46.5 Å². The minimum atomic E-state index is -1.62. The number of aliphatic hydroxyl groups excluding tert-OH is 1. The summed E-state index contributed by atoms with van der Waals surface area (Å²) in [6.45, 7) is 7.55. The van der Waals surface area contributed by atoms with Gasteiger partial charge in [0.25, 0.3) is 0 Å². The number of rotatable bonds is 6. The highest BCUT2D eigenvalue weighted by Gasteiger charge is 2.65. The van der Waals surface area contributed by atoms with Crippen LogP contribution in [0.25, 0.3) is 0 Å². The van der Waals surface area contributed by atoms with Crippen LogP contribution in [0.2, 0.25) is 0 Å². The second-order valence-corrected chi connectivity index (χ2v) is 14.6. The number of carbonyl (C=O) groups excluding carboxylic acids is 3. The fourth-order valence-electron chi connectivity index (χ4n) is 10.5. The number of Topliss-reactive ketones (excluding diaryl/α,β-unsaturated/α-hetero) is 3. The van der Waals surface area contributed by atoms with E-state index in [0.29, 0.717) is 37.2 Å². The van der Waals surface area contributed by atoms with E-state index in [4.69, 9.17) is 4.74 Å². The van der Waals surface area contributed by atoms with E-state index in [0.717, 1.165) is 31.6 Å². The lowest BCUT2D eigenvalue weighted by molar-refractivity contribution is -0.195. The molecule has 5 rings (SSSR count). The molecular formula is C33H52O6. The lowest BCUT2D eigenvalue weighted by Crippen LogP contribution is -2.67. The number of ketones is 3. The van der Waals surface area contributed by atoms with Gasteiger partial charge in [0.1, 0.15) is 17.2 Å². The lowest BCUT2D eigenvalue weighted by Gasteiger charge is -2.59. The Kier molecular flexibility index (Phi) is 8.50. The van der Waals surface area contributed by atoms with Gasteiger partial charge in [0.05, 0.1) is 18.1 Å². The van der Waals surface area contributed by atoms with Crippen LogP contribution in [0.1, 0.15) is 98.3 Å². The maximum Gasteiger partial charge on any atom is 0.175 e. The van der Waals surface area contributed by atoms with E-state index in [1.54, 1.807) is 0 Å². The van der Waals surface area contributed by atoms with Gasteiger partial charge in [-0.15, -0.1) is 0 Å². The van der Waals surface area contributed by atoms with Crippen LogP contribution in [-0.2, 0) is 19.1 Å². The molecule has 14 unspecified atom stereocenters. The third kappa shape index (κ3) is 4.99. The van der Waals surface area contributed by atoms with E-state index in [1.807, 2.05) is 21.0 Å². The van der Waals surface area contributed by atoms with Crippen molar-refractivity contribution in [3.8, 4) is 0 Å². The van der Waals surface area contributed by atoms with Crippen LogP contribution >= 0.6 is 0 Å². The highest BCUT2D eigenvalue weighted by Crippen LogP contribution is 2.59. The molecule has 14 atom stereocenters. The molecule has 0 radical (unpaired) electrons. The molecule has 5 fully saturated rings. The summed E-state index contributed by atoms with van der Waals surface area (Å²) in [5.41, 5.74) is -1.62. The Morgan fingerprint density at radius 3 is 2.38 bits per heavy atom. The molecule has 0 aliphatic heterocycles. The molecule has 0 aromatic heterocycles. The van der Waals surface area contributed by atoms with Crippen molar-refractivity contribution in [3.05, 3.63) is 0 Å². The predicted molar refractivity (Wildman–Crippen MR) is 149 cm³/mol. The van der Waals surface area contributed by atoms with Gasteiger partial charge in [0, 0.05) is 24.9 Å². The molecule has 5 aliphatic rings. The van der Waals surface area contributed by atoms with E-state index in [9.17, 15) is 24.6 Å². The molecule has 6 nitrogen and oxygen atoms in total. The van der Waals surface area contributed by atoms with E-state index < -0.39 is 29.5 Å². The van der Waals surface area contributed by atoms with Crippen LogP contribution < -0.4 is 0 Å². The topological polar surface area (TPSA) is 101 Å². The van der Waals surface area contributed by atoms with E-state index >= 15 is 0 Å². The monoisotopic (exact) mass is 544 g/mol. The quantitative estimate of drug-likeness (QED) is 0.456. The van der Waals surface area contributed by atoms with Crippen LogP contribution in [0.5, 0.6) is 0 Å². The van der Waals surface area contributed by atoms with Crippen molar-refractivity contribution >= 4 is 17.3 Å². The van der Waals surface area contributed by atoms with E-state index in [2.05, 4.69) is 6.92 Å². The molecule has 0 amide bonds. The maximum atomic E-state index is 14.1. The third-order valence-electron chi connectivity index (χ3n) is 12.6. The van der Waals surface area contributed by atoms with Crippen molar-refractivity contribution in [3.63, 3.8) is 0 Å². The van der Waals surface area contributed by atoms with Crippen molar-refractivity contribution < 1.29 is 29.3 Å². The second kappa shape index (κ2) is 11.3. The molecule has 39 heavy (non-hydrogen) atoms. The molecule has 5 saturated carbocycles. The zero-order chi connectivity index (χ0) is 28.2. The SMILES string of the molecule is COC1CC(CCCC2CCC(O)C3C(=O)C4C(CC23)CC2CC(C)C(C(C)=O)C(=O)C2(O)C4C)CCC1C. The highest BCUT2D eigenvalue weighted by atomic mass is 16.5. The fraction of sp³-hybridized carbons (Fsp3) is 0.909. The minimum Gasteiger partial charge on any atom is -0.392 e. The summed E-state index contributed by atoms with van der Waals surface area (Å²) in [5.74, 6) is -0.728. The lowest BCUT2D eigenvalue weighted by atomic mass is 9.46. The van der Waals surface area contributed by atoms with Crippen molar-refractivity contribution in [1.29, 1.82) is 0 Å². The number of methoxy groups -OCH3 is 1. The Hall–Kier alpha value is -1.11. The molecule has 0 aromatic carbocycles. The highest BCUT2D eigenvalue weighted by molar-refractivity contribution is 6.06. The average molecular weight is 545 g/mol. The van der Waals surface area contributed by atoms with Gasteiger partial charge in [-0.05, 0) is 93.3 Å². The van der Waals surface area contributed by atoms with E-state index in [-0.39, 0.29) is 46.9 Å². The summed E-state index contributed by atoms with van der Waals surface area (Å²) in [5, 5.41) is 23.0. The molecule has 0 spiro atoms. The molecule has 0 saturated heterocycles. The zero-order valence-electron chi connectivity index (χ0n) is 24.8. The molecule has 5 aliphatic carbocycles. The Morgan fingerprint density at radius 2 is 1.69 bits per heavy atom. The summed E-state index contributed by atoms with van der Waals surface area (Å²) >= 11 is 0. The van der Waals surface area contributed by atoms with Crippen LogP contribution in [0.3, 0.4) is 0 Å². The van der Waals surface area contributed by atoms with E-state index in [1.165, 1.54) is 32.6 Å². The number of aliphatic hydroxyl groups is 2. The van der Waals surface area contributed by atoms with Gasteiger partial charge < -0.3 is 14.9 Å². The first-order valence-electron chi connectivity index (χ1n) is 16.0. The first-order valence-corrected chi connectivity index (χ1v) is 16.0. The largest absolute Gasteiger partial charge is 0.392 e. The van der Waals surface area contributed by atoms with Crippen molar-refractivity contribution in [1.82, 2.24) is 0 Å². The summed E-state index contributed by atoms with van der Waals surface area (Å²) < 4.78 is 5.74. The molecule has 6 heteroatoms.